The van der Waals surface area contributed by atoms with Crippen LogP contribution in [0, 0.1) is 0 Å². The molecule has 0 bridgehead atoms. The lowest BCUT2D eigenvalue weighted by molar-refractivity contribution is -0.142. The fourth-order valence-corrected chi connectivity index (χ4v) is 3.79. The Morgan fingerprint density at radius 1 is 1.22 bits per heavy atom. The predicted octanol–water partition coefficient (Wildman–Crippen LogP) is -1.81. The number of nitrogens with two attached hydrogens (primary N) is 3. The zero-order valence-corrected chi connectivity index (χ0v) is 19.4. The molecule has 0 aromatic heterocycles. The van der Waals surface area contributed by atoms with Crippen LogP contribution in [0.25, 0.3) is 0 Å². The number of thioether (sulfide) groups is 1. The summed E-state index contributed by atoms with van der Waals surface area (Å²) in [5.74, 6) is -1.95. The molecular weight excluding hydrogens is 438 g/mol. The topological polar surface area (TPSA) is 206 Å². The highest BCUT2D eigenvalue weighted by Gasteiger charge is 2.37. The summed E-state index contributed by atoms with van der Waals surface area (Å²) in [7, 11) is 0. The molecule has 4 unspecified atom stereocenters. The number of carbonyl (C=O) groups is 4. The second-order valence-corrected chi connectivity index (χ2v) is 8.64. The molecule has 1 aliphatic rings. The third-order valence-electron chi connectivity index (χ3n) is 5.10. The smallest absolute Gasteiger partial charge is 0.325 e. The summed E-state index contributed by atoms with van der Waals surface area (Å²) in [5, 5.41) is 14.1. The number of nitrogens with one attached hydrogen (secondary N) is 2. The van der Waals surface area contributed by atoms with Gasteiger partial charge in [-0.2, -0.15) is 11.8 Å². The van der Waals surface area contributed by atoms with Crippen LogP contribution in [0.2, 0.25) is 0 Å². The molecule has 182 valence electrons. The van der Waals surface area contributed by atoms with Crippen LogP contribution < -0.4 is 27.8 Å². The zero-order chi connectivity index (χ0) is 24.3. The number of carboxylic acids is 1. The lowest BCUT2D eigenvalue weighted by atomic mass is 10.1. The molecule has 1 rings (SSSR count). The van der Waals surface area contributed by atoms with Crippen molar-refractivity contribution in [1.82, 2.24) is 15.5 Å². The Balaban J connectivity index is 2.85. The maximum atomic E-state index is 13.0. The minimum Gasteiger partial charge on any atom is -0.480 e. The summed E-state index contributed by atoms with van der Waals surface area (Å²) in [5.41, 5.74) is 16.6. The van der Waals surface area contributed by atoms with Crippen LogP contribution in [-0.2, 0) is 19.2 Å². The molecule has 3 amide bonds. The fourth-order valence-electron chi connectivity index (χ4n) is 3.30. The fraction of sp³-hybridized carbons (Fsp3) is 0.737. The van der Waals surface area contributed by atoms with E-state index in [1.165, 1.54) is 11.8 Å². The first-order valence-corrected chi connectivity index (χ1v) is 11.9. The molecule has 0 spiro atoms. The summed E-state index contributed by atoms with van der Waals surface area (Å²) in [6.07, 6.45) is 4.11. The molecule has 1 heterocycles. The Bertz CT molecular complexity index is 702. The number of likely N-dealkylation sites (tertiary alicyclic amines) is 1. The molecule has 0 saturated carbocycles. The minimum absolute atomic E-state index is 0.0903. The average Bonchev–Trinajstić information content (AvgIpc) is 3.22. The molecule has 1 aliphatic heterocycles. The van der Waals surface area contributed by atoms with Gasteiger partial charge in [0.25, 0.3) is 0 Å². The van der Waals surface area contributed by atoms with E-state index in [0.717, 1.165) is 5.75 Å². The Hall–Kier alpha value is -2.54. The second-order valence-electron chi connectivity index (χ2n) is 7.66. The van der Waals surface area contributed by atoms with E-state index < -0.39 is 42.0 Å². The van der Waals surface area contributed by atoms with Gasteiger partial charge in [-0.3, -0.25) is 24.2 Å². The summed E-state index contributed by atoms with van der Waals surface area (Å²) < 4.78 is 0. The Kier molecular flexibility index (Phi) is 11.8. The van der Waals surface area contributed by atoms with E-state index in [0.29, 0.717) is 32.2 Å². The average molecular weight is 474 g/mol. The van der Waals surface area contributed by atoms with E-state index >= 15 is 0 Å². The molecule has 9 N–H and O–H groups in total. The molecule has 0 radical (unpaired) electrons. The van der Waals surface area contributed by atoms with Gasteiger partial charge in [-0.25, -0.2) is 0 Å². The number of nitrogens with zero attached hydrogens (tertiary/aromatic N) is 2. The highest BCUT2D eigenvalue weighted by Crippen LogP contribution is 2.19. The normalized spacial score (nSPS) is 18.3. The molecule has 1 saturated heterocycles. The third kappa shape index (κ3) is 8.91. The van der Waals surface area contributed by atoms with Gasteiger partial charge in [-0.1, -0.05) is 0 Å². The highest BCUT2D eigenvalue weighted by molar-refractivity contribution is 7.98. The summed E-state index contributed by atoms with van der Waals surface area (Å²) in [6, 6.07) is -3.54. The lowest BCUT2D eigenvalue weighted by Crippen LogP contribution is -2.56. The van der Waals surface area contributed by atoms with Crippen molar-refractivity contribution >= 4 is 41.4 Å². The first kappa shape index (κ1) is 27.5. The van der Waals surface area contributed by atoms with E-state index in [1.807, 2.05) is 6.26 Å². The maximum absolute atomic E-state index is 13.0. The number of guanidine groups is 1. The number of hydrogen-bond donors (Lipinski definition) is 6. The van der Waals surface area contributed by atoms with Crippen LogP contribution >= 0.6 is 11.8 Å². The van der Waals surface area contributed by atoms with Crippen molar-refractivity contribution < 1.29 is 24.3 Å². The summed E-state index contributed by atoms with van der Waals surface area (Å²) in [6.45, 7) is 1.99. The largest absolute Gasteiger partial charge is 0.480 e. The third-order valence-corrected chi connectivity index (χ3v) is 5.74. The van der Waals surface area contributed by atoms with Gasteiger partial charge in [0.15, 0.2) is 5.96 Å². The van der Waals surface area contributed by atoms with Crippen LogP contribution in [0.15, 0.2) is 4.99 Å². The van der Waals surface area contributed by atoms with E-state index in [4.69, 9.17) is 22.3 Å². The van der Waals surface area contributed by atoms with Gasteiger partial charge in [0, 0.05) is 13.1 Å². The minimum atomic E-state index is -1.20. The van der Waals surface area contributed by atoms with Gasteiger partial charge in [-0.05, 0) is 51.0 Å². The number of aliphatic imine (C=N–C) groups is 1. The van der Waals surface area contributed by atoms with Crippen molar-refractivity contribution in [2.45, 2.75) is 63.2 Å². The van der Waals surface area contributed by atoms with Crippen LogP contribution in [0.5, 0.6) is 0 Å². The van der Waals surface area contributed by atoms with Crippen molar-refractivity contribution in [2.75, 3.05) is 25.1 Å². The summed E-state index contributed by atoms with van der Waals surface area (Å²) >= 11 is 1.59. The van der Waals surface area contributed by atoms with Gasteiger partial charge < -0.3 is 37.8 Å². The number of aliphatic carboxylic acids is 1. The Morgan fingerprint density at radius 3 is 2.50 bits per heavy atom. The van der Waals surface area contributed by atoms with Gasteiger partial charge in [0.2, 0.25) is 17.7 Å². The molecule has 32 heavy (non-hydrogen) atoms. The van der Waals surface area contributed by atoms with Gasteiger partial charge in [0.05, 0.1) is 6.04 Å². The standard InChI is InChI=1S/C19H35N7O5S/c1-11(18(30)31)24-15(27)13(5-3-8-23-19(21)22)25-16(28)14-6-4-9-26(14)17(29)12(20)7-10-32-2/h11-14H,3-10,20H2,1-2H3,(H,24,27)(H,25,28)(H,30,31)(H4,21,22,23). The number of hydrogen-bond acceptors (Lipinski definition) is 7. The molecule has 0 aromatic carbocycles. The second kappa shape index (κ2) is 13.8. The van der Waals surface area contributed by atoms with Gasteiger partial charge in [-0.15, -0.1) is 0 Å². The van der Waals surface area contributed by atoms with E-state index in [2.05, 4.69) is 15.6 Å². The molecule has 1 fully saturated rings. The monoisotopic (exact) mass is 473 g/mol. The Labute approximate surface area is 192 Å². The molecule has 0 aromatic rings. The van der Waals surface area contributed by atoms with Crippen molar-refractivity contribution in [3.63, 3.8) is 0 Å². The zero-order valence-electron chi connectivity index (χ0n) is 18.6. The van der Waals surface area contributed by atoms with Crippen LogP contribution in [0.4, 0.5) is 0 Å². The number of amides is 3. The lowest BCUT2D eigenvalue weighted by Gasteiger charge is -2.28. The first-order valence-electron chi connectivity index (χ1n) is 10.5. The molecule has 0 aliphatic carbocycles. The maximum Gasteiger partial charge on any atom is 0.325 e. The Morgan fingerprint density at radius 2 is 1.91 bits per heavy atom. The van der Waals surface area contributed by atoms with Crippen molar-refractivity contribution in [3.05, 3.63) is 0 Å². The molecule has 12 nitrogen and oxygen atoms in total. The molecular formula is C19H35N7O5S. The van der Waals surface area contributed by atoms with Gasteiger partial charge >= 0.3 is 5.97 Å². The first-order chi connectivity index (χ1) is 15.1. The quantitative estimate of drug-likeness (QED) is 0.101. The number of carbonyl (C=O) groups excluding carboxylic acids is 3. The van der Waals surface area contributed by atoms with Crippen molar-refractivity contribution in [3.8, 4) is 0 Å². The van der Waals surface area contributed by atoms with Crippen molar-refractivity contribution in [1.29, 1.82) is 0 Å². The summed E-state index contributed by atoms with van der Waals surface area (Å²) in [4.78, 5) is 54.7. The van der Waals surface area contributed by atoms with Crippen molar-refractivity contribution in [2.24, 2.45) is 22.2 Å². The van der Waals surface area contributed by atoms with Crippen LogP contribution in [-0.4, -0.2) is 88.9 Å². The van der Waals surface area contributed by atoms with Crippen LogP contribution in [0.3, 0.4) is 0 Å². The van der Waals surface area contributed by atoms with Gasteiger partial charge in [0.1, 0.15) is 18.1 Å². The SMILES string of the molecule is CSCCC(N)C(=O)N1CCCC1C(=O)NC(CCCN=C(N)N)C(=O)NC(C)C(=O)O. The van der Waals surface area contributed by atoms with E-state index in [1.54, 1.807) is 11.8 Å². The van der Waals surface area contributed by atoms with E-state index in [9.17, 15) is 19.2 Å². The predicted molar refractivity (Wildman–Crippen MR) is 123 cm³/mol. The molecule has 4 atom stereocenters. The highest BCUT2D eigenvalue weighted by atomic mass is 32.2. The number of carboxylic acid groups (broad SMARTS) is 1. The van der Waals surface area contributed by atoms with E-state index in [-0.39, 0.29) is 24.8 Å². The number of rotatable bonds is 13. The van der Waals surface area contributed by atoms with Crippen LogP contribution in [0.1, 0.15) is 39.0 Å². The molecule has 13 heteroatoms.